The SMILES string of the molecule is CN(C)CCCCNc1ccnc(Nc2cc(Cl)ccc2Cl)n1. The second-order valence-electron chi connectivity index (χ2n) is 5.45. The molecule has 7 heteroatoms. The molecule has 0 saturated heterocycles. The first-order chi connectivity index (χ1) is 11.0. The monoisotopic (exact) mass is 353 g/mol. The van der Waals surface area contributed by atoms with Gasteiger partial charge in [-0.05, 0) is 57.7 Å². The normalized spacial score (nSPS) is 10.8. The number of rotatable bonds is 8. The van der Waals surface area contributed by atoms with Gasteiger partial charge in [0.2, 0.25) is 5.95 Å². The van der Waals surface area contributed by atoms with Crippen molar-refractivity contribution < 1.29 is 0 Å². The molecule has 0 spiro atoms. The van der Waals surface area contributed by atoms with Crippen LogP contribution in [0.15, 0.2) is 30.5 Å². The third-order valence-corrected chi connectivity index (χ3v) is 3.73. The summed E-state index contributed by atoms with van der Waals surface area (Å²) in [6, 6.07) is 7.06. The van der Waals surface area contributed by atoms with E-state index >= 15 is 0 Å². The van der Waals surface area contributed by atoms with Crippen molar-refractivity contribution in [3.8, 4) is 0 Å². The predicted octanol–water partition coefficient (Wildman–Crippen LogP) is 4.28. The molecule has 0 fully saturated rings. The largest absolute Gasteiger partial charge is 0.370 e. The van der Waals surface area contributed by atoms with Crippen LogP contribution in [-0.4, -0.2) is 42.1 Å². The van der Waals surface area contributed by atoms with Crippen molar-refractivity contribution >= 4 is 40.7 Å². The third kappa shape index (κ3) is 6.22. The second kappa shape index (κ2) is 8.91. The van der Waals surface area contributed by atoms with Crippen LogP contribution in [-0.2, 0) is 0 Å². The van der Waals surface area contributed by atoms with Crippen LogP contribution >= 0.6 is 23.2 Å². The summed E-state index contributed by atoms with van der Waals surface area (Å²) >= 11 is 12.1. The number of hydrogen-bond acceptors (Lipinski definition) is 5. The number of aromatic nitrogens is 2. The van der Waals surface area contributed by atoms with Gasteiger partial charge in [0.25, 0.3) is 0 Å². The molecular weight excluding hydrogens is 333 g/mol. The van der Waals surface area contributed by atoms with E-state index in [4.69, 9.17) is 23.2 Å². The molecule has 0 saturated carbocycles. The lowest BCUT2D eigenvalue weighted by Gasteiger charge is -2.11. The first kappa shape index (κ1) is 17.8. The van der Waals surface area contributed by atoms with E-state index in [0.29, 0.717) is 21.7 Å². The van der Waals surface area contributed by atoms with Gasteiger partial charge in [0, 0.05) is 17.8 Å². The molecule has 0 aliphatic carbocycles. The number of nitrogens with one attached hydrogen (secondary N) is 2. The van der Waals surface area contributed by atoms with E-state index in [1.165, 1.54) is 0 Å². The molecular formula is C16H21Cl2N5. The Bertz CT molecular complexity index is 634. The standard InChI is InChI=1S/C16H21Cl2N5/c1-23(2)10-4-3-8-19-15-7-9-20-16(22-15)21-14-11-12(17)5-6-13(14)18/h5-7,9,11H,3-4,8,10H2,1-2H3,(H2,19,20,21,22). The molecule has 0 aliphatic heterocycles. The van der Waals surface area contributed by atoms with E-state index in [-0.39, 0.29) is 0 Å². The van der Waals surface area contributed by atoms with Crippen molar-refractivity contribution in [1.29, 1.82) is 0 Å². The van der Waals surface area contributed by atoms with Gasteiger partial charge in [-0.15, -0.1) is 0 Å². The Morgan fingerprint density at radius 2 is 1.96 bits per heavy atom. The summed E-state index contributed by atoms with van der Waals surface area (Å²) in [6.07, 6.45) is 3.94. The van der Waals surface area contributed by atoms with Gasteiger partial charge in [-0.2, -0.15) is 4.98 Å². The molecule has 1 aromatic heterocycles. The molecule has 1 heterocycles. The highest BCUT2D eigenvalue weighted by Gasteiger charge is 2.04. The van der Waals surface area contributed by atoms with Crippen LogP contribution < -0.4 is 10.6 Å². The molecule has 0 amide bonds. The predicted molar refractivity (Wildman–Crippen MR) is 98.1 cm³/mol. The zero-order valence-electron chi connectivity index (χ0n) is 13.3. The van der Waals surface area contributed by atoms with Crippen molar-refractivity contribution in [3.05, 3.63) is 40.5 Å². The zero-order valence-corrected chi connectivity index (χ0v) is 14.8. The minimum absolute atomic E-state index is 0.479. The number of unbranched alkanes of at least 4 members (excludes halogenated alkanes) is 1. The van der Waals surface area contributed by atoms with Gasteiger partial charge < -0.3 is 15.5 Å². The van der Waals surface area contributed by atoms with Crippen molar-refractivity contribution in [2.75, 3.05) is 37.8 Å². The summed E-state index contributed by atoms with van der Waals surface area (Å²) in [5.41, 5.74) is 0.683. The second-order valence-corrected chi connectivity index (χ2v) is 6.30. The number of anilines is 3. The summed E-state index contributed by atoms with van der Waals surface area (Å²) in [5, 5.41) is 7.56. The van der Waals surface area contributed by atoms with Crippen molar-refractivity contribution in [2.45, 2.75) is 12.8 Å². The van der Waals surface area contributed by atoms with Crippen LogP contribution in [0, 0.1) is 0 Å². The summed E-state index contributed by atoms with van der Waals surface area (Å²) in [7, 11) is 4.16. The Hall–Kier alpha value is -1.56. The lowest BCUT2D eigenvalue weighted by molar-refractivity contribution is 0.396. The van der Waals surface area contributed by atoms with Crippen LogP contribution in [0.5, 0.6) is 0 Å². The highest BCUT2D eigenvalue weighted by Crippen LogP contribution is 2.27. The van der Waals surface area contributed by atoms with Gasteiger partial charge in [0.1, 0.15) is 5.82 Å². The average Bonchev–Trinajstić information content (AvgIpc) is 2.51. The van der Waals surface area contributed by atoms with Gasteiger partial charge >= 0.3 is 0 Å². The minimum Gasteiger partial charge on any atom is -0.370 e. The van der Waals surface area contributed by atoms with Gasteiger partial charge in [-0.1, -0.05) is 23.2 Å². The van der Waals surface area contributed by atoms with Gasteiger partial charge in [-0.25, -0.2) is 4.98 Å². The Balaban J connectivity index is 1.90. The fourth-order valence-corrected chi connectivity index (χ4v) is 2.34. The average molecular weight is 354 g/mol. The summed E-state index contributed by atoms with van der Waals surface area (Å²) < 4.78 is 0. The first-order valence-corrected chi connectivity index (χ1v) is 8.24. The van der Waals surface area contributed by atoms with Gasteiger partial charge in [-0.3, -0.25) is 0 Å². The minimum atomic E-state index is 0.479. The van der Waals surface area contributed by atoms with Crippen molar-refractivity contribution in [3.63, 3.8) is 0 Å². The molecule has 2 rings (SSSR count). The van der Waals surface area contributed by atoms with Crippen LogP contribution in [0.4, 0.5) is 17.5 Å². The summed E-state index contributed by atoms with van der Waals surface area (Å²) in [5.74, 6) is 1.26. The summed E-state index contributed by atoms with van der Waals surface area (Å²) in [4.78, 5) is 10.8. The number of benzene rings is 1. The van der Waals surface area contributed by atoms with E-state index in [9.17, 15) is 0 Å². The van der Waals surface area contributed by atoms with E-state index in [1.807, 2.05) is 6.07 Å². The summed E-state index contributed by atoms with van der Waals surface area (Å²) in [6.45, 7) is 1.97. The van der Waals surface area contributed by atoms with Crippen LogP contribution in [0.2, 0.25) is 10.0 Å². The molecule has 1 aromatic carbocycles. The van der Waals surface area contributed by atoms with E-state index in [0.717, 1.165) is 31.7 Å². The fraction of sp³-hybridized carbons (Fsp3) is 0.375. The Kier molecular flexibility index (Phi) is 6.89. The Morgan fingerprint density at radius 3 is 2.74 bits per heavy atom. The van der Waals surface area contributed by atoms with Crippen LogP contribution in [0.3, 0.4) is 0 Å². The molecule has 0 radical (unpaired) electrons. The van der Waals surface area contributed by atoms with Gasteiger partial charge in [0.05, 0.1) is 10.7 Å². The van der Waals surface area contributed by atoms with Crippen molar-refractivity contribution in [1.82, 2.24) is 14.9 Å². The maximum Gasteiger partial charge on any atom is 0.229 e. The third-order valence-electron chi connectivity index (χ3n) is 3.17. The molecule has 0 unspecified atom stereocenters. The lowest BCUT2D eigenvalue weighted by Crippen LogP contribution is -2.14. The zero-order chi connectivity index (χ0) is 16.7. The van der Waals surface area contributed by atoms with Crippen LogP contribution in [0.1, 0.15) is 12.8 Å². The smallest absolute Gasteiger partial charge is 0.229 e. The Labute approximate surface area is 147 Å². The van der Waals surface area contributed by atoms with E-state index in [1.54, 1.807) is 24.4 Å². The number of hydrogen-bond donors (Lipinski definition) is 2. The molecule has 124 valence electrons. The van der Waals surface area contributed by atoms with E-state index in [2.05, 4.69) is 39.6 Å². The number of halogens is 2. The topological polar surface area (TPSA) is 53.1 Å². The number of nitrogens with zero attached hydrogens (tertiary/aromatic N) is 3. The molecule has 2 N–H and O–H groups in total. The molecule has 5 nitrogen and oxygen atoms in total. The molecule has 2 aromatic rings. The maximum atomic E-state index is 6.13. The quantitative estimate of drug-likeness (QED) is 0.693. The maximum absolute atomic E-state index is 6.13. The molecule has 0 bridgehead atoms. The first-order valence-electron chi connectivity index (χ1n) is 7.48. The van der Waals surface area contributed by atoms with Crippen molar-refractivity contribution in [2.24, 2.45) is 0 Å². The lowest BCUT2D eigenvalue weighted by atomic mass is 10.3. The highest BCUT2D eigenvalue weighted by molar-refractivity contribution is 6.35. The molecule has 0 aliphatic rings. The molecule has 23 heavy (non-hydrogen) atoms. The molecule has 0 atom stereocenters. The fourth-order valence-electron chi connectivity index (χ4n) is 2.00. The van der Waals surface area contributed by atoms with Crippen LogP contribution in [0.25, 0.3) is 0 Å². The highest BCUT2D eigenvalue weighted by atomic mass is 35.5. The van der Waals surface area contributed by atoms with E-state index < -0.39 is 0 Å². The Morgan fingerprint density at radius 1 is 1.13 bits per heavy atom. The van der Waals surface area contributed by atoms with Gasteiger partial charge in [0.15, 0.2) is 0 Å².